The predicted octanol–water partition coefficient (Wildman–Crippen LogP) is 2.08. The molecular formula is C16H19ClN4OS. The molecular weight excluding hydrogens is 332 g/mol. The summed E-state index contributed by atoms with van der Waals surface area (Å²) in [5.74, 6) is -0.0454. The highest BCUT2D eigenvalue weighted by Crippen LogP contribution is 2.29. The van der Waals surface area contributed by atoms with Crippen LogP contribution < -0.4 is 11.1 Å². The number of piperazine rings is 1. The van der Waals surface area contributed by atoms with E-state index in [1.165, 1.54) is 11.3 Å². The van der Waals surface area contributed by atoms with Crippen LogP contribution in [0.2, 0.25) is 5.02 Å². The van der Waals surface area contributed by atoms with E-state index in [-0.39, 0.29) is 11.9 Å². The second-order valence-electron chi connectivity index (χ2n) is 5.41. The molecule has 1 aromatic heterocycles. The number of nitrogens with one attached hydrogen (secondary N) is 1. The van der Waals surface area contributed by atoms with E-state index in [2.05, 4.69) is 10.3 Å². The molecule has 0 spiro atoms. The molecule has 1 aliphatic heterocycles. The lowest BCUT2D eigenvalue weighted by molar-refractivity contribution is 0.0629. The van der Waals surface area contributed by atoms with Crippen LogP contribution in [0.4, 0.5) is 0 Å². The number of hydrogen-bond donors (Lipinski definition) is 2. The van der Waals surface area contributed by atoms with Crippen molar-refractivity contribution < 1.29 is 4.79 Å². The van der Waals surface area contributed by atoms with Crippen molar-refractivity contribution in [3.05, 3.63) is 50.9 Å². The van der Waals surface area contributed by atoms with Gasteiger partial charge < -0.3 is 16.0 Å². The van der Waals surface area contributed by atoms with Crippen molar-refractivity contribution in [2.75, 3.05) is 26.2 Å². The molecule has 3 N–H and O–H groups in total. The van der Waals surface area contributed by atoms with E-state index >= 15 is 0 Å². The van der Waals surface area contributed by atoms with Crippen LogP contribution >= 0.6 is 22.9 Å². The van der Waals surface area contributed by atoms with Gasteiger partial charge in [0.2, 0.25) is 0 Å². The van der Waals surface area contributed by atoms with Crippen LogP contribution in [-0.2, 0) is 6.42 Å². The highest BCUT2D eigenvalue weighted by Gasteiger charge is 2.30. The van der Waals surface area contributed by atoms with E-state index in [1.54, 1.807) is 0 Å². The third kappa shape index (κ3) is 3.55. The summed E-state index contributed by atoms with van der Waals surface area (Å²) in [4.78, 5) is 19.2. The summed E-state index contributed by atoms with van der Waals surface area (Å²) in [6.07, 6.45) is 0.702. The molecule has 1 fully saturated rings. The van der Waals surface area contributed by atoms with Crippen molar-refractivity contribution in [2.45, 2.75) is 12.5 Å². The second kappa shape index (κ2) is 7.40. The molecule has 1 amide bonds. The van der Waals surface area contributed by atoms with Gasteiger partial charge in [-0.25, -0.2) is 4.98 Å². The van der Waals surface area contributed by atoms with Crippen molar-refractivity contribution in [3.63, 3.8) is 0 Å². The maximum absolute atomic E-state index is 12.9. The van der Waals surface area contributed by atoms with Gasteiger partial charge in [0.25, 0.3) is 5.91 Å². The Bertz CT molecular complexity index is 690. The summed E-state index contributed by atoms with van der Waals surface area (Å²) < 4.78 is 0. The molecule has 1 unspecified atom stereocenters. The minimum Gasteiger partial charge on any atom is -0.330 e. The Balaban J connectivity index is 1.86. The zero-order valence-electron chi connectivity index (χ0n) is 12.7. The summed E-state index contributed by atoms with van der Waals surface area (Å²) in [7, 11) is 0. The molecule has 0 bridgehead atoms. The Morgan fingerprint density at radius 2 is 2.30 bits per heavy atom. The van der Waals surface area contributed by atoms with Gasteiger partial charge in [-0.1, -0.05) is 29.8 Å². The topological polar surface area (TPSA) is 71.2 Å². The Morgan fingerprint density at radius 3 is 3.09 bits per heavy atom. The van der Waals surface area contributed by atoms with E-state index in [0.29, 0.717) is 36.8 Å². The standard InChI is InChI=1S/C16H19ClN4OS/c17-12-4-2-1-3-11(12)14-9-19-7-8-21(14)16(22)13-10-23-15(20-13)5-6-18/h1-4,10,14,19H,5-9,18H2. The molecule has 3 rings (SSSR count). The minimum absolute atomic E-state index is 0.0454. The third-order valence-electron chi connectivity index (χ3n) is 3.90. The fraction of sp³-hybridized carbons (Fsp3) is 0.375. The van der Waals surface area contributed by atoms with Crippen LogP contribution in [0, 0.1) is 0 Å². The zero-order valence-corrected chi connectivity index (χ0v) is 14.2. The number of halogens is 1. The fourth-order valence-electron chi connectivity index (χ4n) is 2.77. The molecule has 2 aromatic rings. The SMILES string of the molecule is NCCc1nc(C(=O)N2CCNCC2c2ccccc2Cl)cs1. The fourth-order valence-corrected chi connectivity index (χ4v) is 3.81. The van der Waals surface area contributed by atoms with Gasteiger partial charge in [0.1, 0.15) is 5.69 Å². The van der Waals surface area contributed by atoms with Gasteiger partial charge in [-0.15, -0.1) is 11.3 Å². The van der Waals surface area contributed by atoms with Gasteiger partial charge in [-0.2, -0.15) is 0 Å². The van der Waals surface area contributed by atoms with Crippen molar-refractivity contribution in [1.82, 2.24) is 15.2 Å². The number of rotatable bonds is 4. The summed E-state index contributed by atoms with van der Waals surface area (Å²) >= 11 is 7.81. The van der Waals surface area contributed by atoms with Crippen molar-refractivity contribution in [1.29, 1.82) is 0 Å². The maximum Gasteiger partial charge on any atom is 0.273 e. The number of aromatic nitrogens is 1. The predicted molar refractivity (Wildman–Crippen MR) is 93.0 cm³/mol. The Kier molecular flexibility index (Phi) is 5.27. The van der Waals surface area contributed by atoms with Crippen LogP contribution in [0.5, 0.6) is 0 Å². The average Bonchev–Trinajstić information content (AvgIpc) is 3.04. The quantitative estimate of drug-likeness (QED) is 0.885. The van der Waals surface area contributed by atoms with Crippen LogP contribution in [-0.4, -0.2) is 42.0 Å². The smallest absolute Gasteiger partial charge is 0.273 e. The van der Waals surface area contributed by atoms with E-state index in [4.69, 9.17) is 17.3 Å². The Hall–Kier alpha value is -1.47. The van der Waals surface area contributed by atoms with Gasteiger partial charge in [-0.3, -0.25) is 4.79 Å². The maximum atomic E-state index is 12.9. The molecule has 5 nitrogen and oxygen atoms in total. The van der Waals surface area contributed by atoms with Gasteiger partial charge in [0.05, 0.1) is 11.0 Å². The Morgan fingerprint density at radius 1 is 1.48 bits per heavy atom. The van der Waals surface area contributed by atoms with Crippen molar-refractivity contribution in [3.8, 4) is 0 Å². The molecule has 7 heteroatoms. The number of amides is 1. The highest BCUT2D eigenvalue weighted by molar-refractivity contribution is 7.09. The average molecular weight is 351 g/mol. The molecule has 1 saturated heterocycles. The number of nitrogens with zero attached hydrogens (tertiary/aromatic N) is 2. The summed E-state index contributed by atoms with van der Waals surface area (Å²) in [6, 6.07) is 7.59. The van der Waals surface area contributed by atoms with Crippen molar-refractivity contribution in [2.24, 2.45) is 5.73 Å². The largest absolute Gasteiger partial charge is 0.330 e. The highest BCUT2D eigenvalue weighted by atomic mass is 35.5. The number of thiazole rings is 1. The summed E-state index contributed by atoms with van der Waals surface area (Å²) in [6.45, 7) is 2.64. The first kappa shape index (κ1) is 16.4. The van der Waals surface area contributed by atoms with Crippen LogP contribution in [0.25, 0.3) is 0 Å². The van der Waals surface area contributed by atoms with E-state index in [0.717, 1.165) is 17.1 Å². The van der Waals surface area contributed by atoms with E-state index in [1.807, 2.05) is 34.5 Å². The molecule has 0 saturated carbocycles. The third-order valence-corrected chi connectivity index (χ3v) is 5.15. The lowest BCUT2D eigenvalue weighted by Crippen LogP contribution is -2.48. The first-order valence-corrected chi connectivity index (χ1v) is 8.87. The molecule has 1 aliphatic rings. The van der Waals surface area contributed by atoms with Crippen LogP contribution in [0.3, 0.4) is 0 Å². The second-order valence-corrected chi connectivity index (χ2v) is 6.75. The summed E-state index contributed by atoms with van der Waals surface area (Å²) in [5.41, 5.74) is 7.01. The van der Waals surface area contributed by atoms with Gasteiger partial charge in [0, 0.05) is 36.5 Å². The van der Waals surface area contributed by atoms with Crippen LogP contribution in [0.1, 0.15) is 27.1 Å². The first-order chi connectivity index (χ1) is 11.2. The molecule has 0 aliphatic carbocycles. The number of nitrogens with two attached hydrogens (primary N) is 1. The number of carbonyl (C=O) groups is 1. The van der Waals surface area contributed by atoms with Gasteiger partial charge in [0.15, 0.2) is 0 Å². The van der Waals surface area contributed by atoms with E-state index in [9.17, 15) is 4.79 Å². The Labute approximate surface area is 144 Å². The molecule has 122 valence electrons. The lowest BCUT2D eigenvalue weighted by Gasteiger charge is -2.36. The normalized spacial score (nSPS) is 18.2. The molecule has 1 atom stereocenters. The molecule has 1 aromatic carbocycles. The van der Waals surface area contributed by atoms with Crippen LogP contribution in [0.15, 0.2) is 29.6 Å². The first-order valence-electron chi connectivity index (χ1n) is 7.61. The molecule has 23 heavy (non-hydrogen) atoms. The molecule has 2 heterocycles. The van der Waals surface area contributed by atoms with Crippen molar-refractivity contribution >= 4 is 28.8 Å². The van der Waals surface area contributed by atoms with Gasteiger partial charge >= 0.3 is 0 Å². The number of benzene rings is 1. The lowest BCUT2D eigenvalue weighted by atomic mass is 10.0. The molecule has 0 radical (unpaired) electrons. The van der Waals surface area contributed by atoms with E-state index < -0.39 is 0 Å². The van der Waals surface area contributed by atoms with Gasteiger partial charge in [-0.05, 0) is 18.2 Å². The monoisotopic (exact) mass is 350 g/mol. The minimum atomic E-state index is -0.0791. The number of carbonyl (C=O) groups excluding carboxylic acids is 1. The zero-order chi connectivity index (χ0) is 16.2. The summed E-state index contributed by atoms with van der Waals surface area (Å²) in [5, 5.41) is 6.74. The number of hydrogen-bond acceptors (Lipinski definition) is 5.